The first-order valence-electron chi connectivity index (χ1n) is 5.65. The number of carbonyl (C=O) groups excluding carboxylic acids is 1. The standard InChI is InChI=1S/C11H15NO4S/c1-2-6-7-5-8(17-4-3-13)9(11(15)16)12(7)10(6)14/h6-7,13H,2-5H2,1H3,(H,15,16)/t6-,7-/m1/s1. The minimum absolute atomic E-state index is 0.0108. The number of nitrogens with zero attached hydrogens (tertiary/aromatic N) is 1. The highest BCUT2D eigenvalue weighted by atomic mass is 32.2. The summed E-state index contributed by atoms with van der Waals surface area (Å²) in [5.41, 5.74) is 0.128. The molecule has 0 saturated carbocycles. The lowest BCUT2D eigenvalue weighted by Crippen LogP contribution is -2.58. The zero-order chi connectivity index (χ0) is 12.6. The van der Waals surface area contributed by atoms with Crippen LogP contribution in [0.15, 0.2) is 10.6 Å². The molecule has 0 spiro atoms. The second-order valence-corrected chi connectivity index (χ2v) is 5.33. The van der Waals surface area contributed by atoms with E-state index in [9.17, 15) is 9.59 Å². The maximum absolute atomic E-state index is 11.8. The van der Waals surface area contributed by atoms with Crippen LogP contribution in [0, 0.1) is 5.92 Å². The van der Waals surface area contributed by atoms with E-state index in [2.05, 4.69) is 0 Å². The summed E-state index contributed by atoms with van der Waals surface area (Å²) in [5.74, 6) is -0.681. The number of carboxylic acids is 1. The van der Waals surface area contributed by atoms with E-state index >= 15 is 0 Å². The fraction of sp³-hybridized carbons (Fsp3) is 0.636. The number of fused-ring (bicyclic) bond motifs is 1. The predicted octanol–water partition coefficient (Wildman–Crippen LogP) is 0.649. The Hall–Kier alpha value is -1.01. The maximum Gasteiger partial charge on any atom is 0.353 e. The Morgan fingerprint density at radius 3 is 2.82 bits per heavy atom. The van der Waals surface area contributed by atoms with Crippen molar-refractivity contribution in [3.8, 4) is 0 Å². The second-order valence-electron chi connectivity index (χ2n) is 4.14. The first kappa shape index (κ1) is 12.4. The minimum Gasteiger partial charge on any atom is -0.477 e. The average molecular weight is 257 g/mol. The molecule has 0 aromatic heterocycles. The fourth-order valence-electron chi connectivity index (χ4n) is 2.50. The molecular weight excluding hydrogens is 242 g/mol. The highest BCUT2D eigenvalue weighted by Crippen LogP contribution is 2.46. The third-order valence-electron chi connectivity index (χ3n) is 3.26. The summed E-state index contributed by atoms with van der Waals surface area (Å²) in [7, 11) is 0. The van der Waals surface area contributed by atoms with Gasteiger partial charge in [0.25, 0.3) is 0 Å². The molecule has 0 radical (unpaired) electrons. The Balaban J connectivity index is 2.20. The van der Waals surface area contributed by atoms with E-state index in [0.717, 1.165) is 11.3 Å². The monoisotopic (exact) mass is 257 g/mol. The van der Waals surface area contributed by atoms with Crippen molar-refractivity contribution in [3.05, 3.63) is 10.6 Å². The van der Waals surface area contributed by atoms with Crippen molar-refractivity contribution in [1.29, 1.82) is 0 Å². The Labute approximate surface area is 103 Å². The normalized spacial score (nSPS) is 27.2. The minimum atomic E-state index is -1.05. The van der Waals surface area contributed by atoms with Gasteiger partial charge in [-0.05, 0) is 6.42 Å². The smallest absolute Gasteiger partial charge is 0.353 e. The van der Waals surface area contributed by atoms with Crippen LogP contribution >= 0.6 is 11.8 Å². The summed E-state index contributed by atoms with van der Waals surface area (Å²) in [5, 5.41) is 17.9. The molecule has 2 aliphatic rings. The largest absolute Gasteiger partial charge is 0.477 e. The molecule has 94 valence electrons. The van der Waals surface area contributed by atoms with Gasteiger partial charge in [-0.2, -0.15) is 0 Å². The SMILES string of the molecule is CC[C@H]1C(=O)N2C(C(=O)O)=C(SCCO)C[C@H]12. The van der Waals surface area contributed by atoms with Crippen LogP contribution < -0.4 is 0 Å². The molecule has 2 N–H and O–H groups in total. The zero-order valence-electron chi connectivity index (χ0n) is 9.55. The number of aliphatic hydroxyl groups excluding tert-OH is 1. The molecule has 6 heteroatoms. The Morgan fingerprint density at radius 1 is 1.59 bits per heavy atom. The molecule has 1 fully saturated rings. The first-order chi connectivity index (χ1) is 8.11. The van der Waals surface area contributed by atoms with Crippen LogP contribution in [0.5, 0.6) is 0 Å². The van der Waals surface area contributed by atoms with Gasteiger partial charge >= 0.3 is 5.97 Å². The number of amides is 1. The van der Waals surface area contributed by atoms with Gasteiger partial charge in [-0.1, -0.05) is 6.92 Å². The van der Waals surface area contributed by atoms with Gasteiger partial charge in [0.15, 0.2) is 0 Å². The number of hydrogen-bond donors (Lipinski definition) is 2. The highest BCUT2D eigenvalue weighted by molar-refractivity contribution is 8.03. The number of aliphatic carboxylic acids is 1. The molecule has 2 heterocycles. The molecule has 5 nitrogen and oxygen atoms in total. The van der Waals surface area contributed by atoms with Crippen molar-refractivity contribution in [3.63, 3.8) is 0 Å². The van der Waals surface area contributed by atoms with E-state index < -0.39 is 5.97 Å². The van der Waals surface area contributed by atoms with Gasteiger partial charge in [-0.3, -0.25) is 4.79 Å². The zero-order valence-corrected chi connectivity index (χ0v) is 10.4. The number of carbonyl (C=O) groups is 2. The molecule has 1 amide bonds. The predicted molar refractivity (Wildman–Crippen MR) is 63.2 cm³/mol. The van der Waals surface area contributed by atoms with E-state index in [-0.39, 0.29) is 30.2 Å². The highest BCUT2D eigenvalue weighted by Gasteiger charge is 2.54. The maximum atomic E-state index is 11.8. The number of rotatable bonds is 5. The van der Waals surface area contributed by atoms with Gasteiger partial charge in [0.05, 0.1) is 18.6 Å². The van der Waals surface area contributed by atoms with Gasteiger partial charge in [0.2, 0.25) is 5.91 Å². The van der Waals surface area contributed by atoms with Crippen molar-refractivity contribution in [2.75, 3.05) is 12.4 Å². The van der Waals surface area contributed by atoms with E-state index in [1.807, 2.05) is 6.92 Å². The lowest BCUT2D eigenvalue weighted by molar-refractivity contribution is -0.155. The second kappa shape index (κ2) is 4.70. The van der Waals surface area contributed by atoms with Gasteiger partial charge in [0, 0.05) is 17.1 Å². The molecule has 2 aliphatic heterocycles. The van der Waals surface area contributed by atoms with E-state index in [4.69, 9.17) is 10.2 Å². The van der Waals surface area contributed by atoms with Crippen LogP contribution in [-0.4, -0.2) is 45.4 Å². The number of aliphatic hydroxyl groups is 1. The van der Waals surface area contributed by atoms with Crippen molar-refractivity contribution >= 4 is 23.6 Å². The summed E-state index contributed by atoms with van der Waals surface area (Å²) in [6.45, 7) is 1.95. The van der Waals surface area contributed by atoms with Crippen LogP contribution in [0.25, 0.3) is 0 Å². The Bertz CT molecular complexity index is 393. The van der Waals surface area contributed by atoms with Crippen LogP contribution in [0.1, 0.15) is 19.8 Å². The molecule has 17 heavy (non-hydrogen) atoms. The van der Waals surface area contributed by atoms with Crippen LogP contribution in [-0.2, 0) is 9.59 Å². The molecule has 0 aromatic carbocycles. The van der Waals surface area contributed by atoms with Crippen molar-refractivity contribution < 1.29 is 19.8 Å². The molecule has 0 aliphatic carbocycles. The molecular formula is C11H15NO4S. The third-order valence-corrected chi connectivity index (χ3v) is 4.36. The summed E-state index contributed by atoms with van der Waals surface area (Å²) in [4.78, 5) is 25.1. The van der Waals surface area contributed by atoms with E-state index in [1.165, 1.54) is 16.7 Å². The average Bonchev–Trinajstić information content (AvgIpc) is 2.62. The number of β-lactam (4-membered cyclic amide) rings is 1. The van der Waals surface area contributed by atoms with Gasteiger partial charge in [-0.25, -0.2) is 4.79 Å². The molecule has 2 atom stereocenters. The van der Waals surface area contributed by atoms with Crippen LogP contribution in [0.2, 0.25) is 0 Å². The molecule has 0 unspecified atom stereocenters. The third kappa shape index (κ3) is 1.85. The molecule has 2 rings (SSSR count). The summed E-state index contributed by atoms with van der Waals surface area (Å²) in [6, 6.07) is 0.0276. The Kier molecular flexibility index (Phi) is 3.44. The first-order valence-corrected chi connectivity index (χ1v) is 6.63. The van der Waals surface area contributed by atoms with E-state index in [0.29, 0.717) is 12.2 Å². The van der Waals surface area contributed by atoms with Crippen LogP contribution in [0.4, 0.5) is 0 Å². The summed E-state index contributed by atoms with van der Waals surface area (Å²) >= 11 is 1.34. The fourth-order valence-corrected chi connectivity index (χ4v) is 3.45. The van der Waals surface area contributed by atoms with Crippen molar-refractivity contribution in [2.24, 2.45) is 5.92 Å². The Morgan fingerprint density at radius 2 is 2.29 bits per heavy atom. The molecule has 0 aromatic rings. The van der Waals surface area contributed by atoms with Crippen LogP contribution in [0.3, 0.4) is 0 Å². The molecule has 1 saturated heterocycles. The topological polar surface area (TPSA) is 77.8 Å². The quantitative estimate of drug-likeness (QED) is 0.707. The van der Waals surface area contributed by atoms with Crippen molar-refractivity contribution in [2.45, 2.75) is 25.8 Å². The number of hydrogen-bond acceptors (Lipinski definition) is 4. The van der Waals surface area contributed by atoms with E-state index in [1.54, 1.807) is 0 Å². The summed E-state index contributed by atoms with van der Waals surface area (Å²) in [6.07, 6.45) is 1.38. The van der Waals surface area contributed by atoms with Crippen molar-refractivity contribution in [1.82, 2.24) is 4.90 Å². The van der Waals surface area contributed by atoms with Gasteiger partial charge < -0.3 is 15.1 Å². The lowest BCUT2D eigenvalue weighted by Gasteiger charge is -2.42. The van der Waals surface area contributed by atoms with Gasteiger partial charge in [0.1, 0.15) is 5.70 Å². The number of carboxylic acid groups (broad SMARTS) is 1. The summed E-state index contributed by atoms with van der Waals surface area (Å²) < 4.78 is 0. The lowest BCUT2D eigenvalue weighted by atomic mass is 9.85. The molecule has 0 bridgehead atoms. The van der Waals surface area contributed by atoms with Gasteiger partial charge in [-0.15, -0.1) is 11.8 Å². The number of thioether (sulfide) groups is 1.